The van der Waals surface area contributed by atoms with Crippen LogP contribution in [0, 0.1) is 5.92 Å². The predicted molar refractivity (Wildman–Crippen MR) is 167 cm³/mol. The fourth-order valence-corrected chi connectivity index (χ4v) is 6.23. The number of carbonyl (C=O) groups is 1. The summed E-state index contributed by atoms with van der Waals surface area (Å²) >= 11 is 5.93. The van der Waals surface area contributed by atoms with Gasteiger partial charge in [0.15, 0.2) is 0 Å². The largest absolute Gasteiger partial charge is 0.490 e. The molecule has 0 aliphatic carbocycles. The Hall–Kier alpha value is -2.37. The van der Waals surface area contributed by atoms with Crippen LogP contribution in [0.1, 0.15) is 63.7 Å². The molecule has 42 heavy (non-hydrogen) atoms. The highest BCUT2D eigenvalue weighted by atomic mass is 35.5. The Morgan fingerprint density at radius 3 is 2.55 bits per heavy atom. The number of halogens is 1. The molecule has 0 radical (unpaired) electrons. The molecule has 0 unspecified atom stereocenters. The van der Waals surface area contributed by atoms with Crippen LogP contribution < -0.4 is 9.46 Å². The first-order valence-electron chi connectivity index (χ1n) is 14.8. The van der Waals surface area contributed by atoms with Gasteiger partial charge in [-0.05, 0) is 95.6 Å². The molecule has 0 fully saturated rings. The Labute approximate surface area is 256 Å². The number of sulfonamides is 1. The van der Waals surface area contributed by atoms with Crippen LogP contribution in [0.15, 0.2) is 47.4 Å². The molecule has 0 saturated heterocycles. The molecule has 1 aliphatic rings. The molecule has 0 bridgehead atoms. The molecular formula is C31H46ClN3O6S. The van der Waals surface area contributed by atoms with Crippen LogP contribution in [0.25, 0.3) is 0 Å². The molecular weight excluding hydrogens is 578 g/mol. The van der Waals surface area contributed by atoms with E-state index in [0.29, 0.717) is 23.9 Å². The second kappa shape index (κ2) is 15.9. The van der Waals surface area contributed by atoms with Crippen molar-refractivity contribution in [2.75, 3.05) is 44.6 Å². The van der Waals surface area contributed by atoms with Crippen LogP contribution in [0.2, 0.25) is 5.02 Å². The Balaban J connectivity index is 2.00. The number of likely N-dealkylation sites (N-methyl/N-ethyl adjacent to an activating group) is 1. The van der Waals surface area contributed by atoms with Crippen molar-refractivity contribution in [2.24, 2.45) is 5.92 Å². The van der Waals surface area contributed by atoms with E-state index in [0.717, 1.165) is 38.8 Å². The van der Waals surface area contributed by atoms with Crippen molar-refractivity contribution in [3.8, 4) is 5.75 Å². The Morgan fingerprint density at radius 1 is 1.17 bits per heavy atom. The van der Waals surface area contributed by atoms with Crippen LogP contribution in [0.3, 0.4) is 0 Å². The minimum Gasteiger partial charge on any atom is -0.490 e. The summed E-state index contributed by atoms with van der Waals surface area (Å²) < 4.78 is 41.4. The van der Waals surface area contributed by atoms with Gasteiger partial charge < -0.3 is 24.4 Å². The van der Waals surface area contributed by atoms with E-state index in [4.69, 9.17) is 21.1 Å². The van der Waals surface area contributed by atoms with Gasteiger partial charge in [-0.2, -0.15) is 0 Å². The second-order valence-electron chi connectivity index (χ2n) is 11.3. The Kier molecular flexibility index (Phi) is 12.9. The van der Waals surface area contributed by atoms with E-state index in [-0.39, 0.29) is 46.8 Å². The van der Waals surface area contributed by atoms with Crippen molar-refractivity contribution in [3.63, 3.8) is 0 Å². The van der Waals surface area contributed by atoms with E-state index >= 15 is 0 Å². The minimum atomic E-state index is -3.94. The third-order valence-corrected chi connectivity index (χ3v) is 9.17. The molecule has 0 spiro atoms. The van der Waals surface area contributed by atoms with Gasteiger partial charge in [0.2, 0.25) is 0 Å². The monoisotopic (exact) mass is 623 g/mol. The molecule has 234 valence electrons. The first-order chi connectivity index (χ1) is 19.9. The number of aliphatic hydroxyl groups is 1. The van der Waals surface area contributed by atoms with Crippen molar-refractivity contribution < 1.29 is 27.8 Å². The SMILES string of the molecule is CCCN(C)C[C@H]1OCCCC[C@H](C)Oc2ccc(NS(=O)(=O)c3ccc(Cl)cc3)cc2C(=O)N([C@H](C)CO)C[C@H]1C. The number of amides is 1. The summed E-state index contributed by atoms with van der Waals surface area (Å²) in [5, 5.41) is 10.5. The topological polar surface area (TPSA) is 108 Å². The maximum absolute atomic E-state index is 14.2. The van der Waals surface area contributed by atoms with Crippen molar-refractivity contribution in [1.82, 2.24) is 9.80 Å². The number of rotatable bonds is 9. The number of fused-ring (bicyclic) bond motifs is 1. The smallest absolute Gasteiger partial charge is 0.261 e. The van der Waals surface area contributed by atoms with Gasteiger partial charge in [-0.1, -0.05) is 25.4 Å². The summed E-state index contributed by atoms with van der Waals surface area (Å²) in [4.78, 5) is 18.1. The van der Waals surface area contributed by atoms with E-state index in [9.17, 15) is 18.3 Å². The average Bonchev–Trinajstić information content (AvgIpc) is 2.94. The van der Waals surface area contributed by atoms with Gasteiger partial charge >= 0.3 is 0 Å². The highest BCUT2D eigenvalue weighted by Crippen LogP contribution is 2.29. The lowest BCUT2D eigenvalue weighted by Crippen LogP contribution is -2.47. The molecule has 3 rings (SSSR count). The standard InChI is InChI=1S/C31H46ClN3O6S/c1-6-16-34(5)20-30-22(2)19-35(23(3)21-36)31(37)28-18-26(33-42(38,39)27-13-10-25(32)11-14-27)12-15-29(28)41-24(4)9-7-8-17-40-30/h10-15,18,22-24,30,33,36H,6-9,16-17,19-21H2,1-5H3/t22-,23-,24+,30-/m1/s1. The highest BCUT2D eigenvalue weighted by molar-refractivity contribution is 7.92. The number of hydrogen-bond donors (Lipinski definition) is 2. The molecule has 0 aromatic heterocycles. The lowest BCUT2D eigenvalue weighted by molar-refractivity contribution is -0.0167. The van der Waals surface area contributed by atoms with E-state index < -0.39 is 16.1 Å². The van der Waals surface area contributed by atoms with Gasteiger partial charge in [-0.25, -0.2) is 8.42 Å². The highest BCUT2D eigenvalue weighted by Gasteiger charge is 2.30. The van der Waals surface area contributed by atoms with Crippen LogP contribution in [-0.4, -0.2) is 87.4 Å². The Bertz CT molecular complexity index is 1260. The van der Waals surface area contributed by atoms with Crippen LogP contribution in [0.4, 0.5) is 5.69 Å². The fraction of sp³-hybridized carbons (Fsp3) is 0.581. The zero-order valence-corrected chi connectivity index (χ0v) is 27.0. The van der Waals surface area contributed by atoms with Crippen molar-refractivity contribution in [2.45, 2.75) is 76.5 Å². The normalized spacial score (nSPS) is 21.8. The quantitative estimate of drug-likeness (QED) is 0.391. The maximum atomic E-state index is 14.2. The number of carbonyl (C=O) groups excluding carboxylic acids is 1. The summed E-state index contributed by atoms with van der Waals surface area (Å²) in [6.45, 7) is 10.4. The van der Waals surface area contributed by atoms with Gasteiger partial charge in [0.25, 0.3) is 15.9 Å². The van der Waals surface area contributed by atoms with E-state index in [2.05, 4.69) is 30.5 Å². The van der Waals surface area contributed by atoms with Crippen molar-refractivity contribution >= 4 is 33.2 Å². The summed E-state index contributed by atoms with van der Waals surface area (Å²) in [6, 6.07) is 10.1. The summed E-state index contributed by atoms with van der Waals surface area (Å²) in [5.74, 6) is -0.00628. The number of hydrogen-bond acceptors (Lipinski definition) is 7. The average molecular weight is 624 g/mol. The molecule has 11 heteroatoms. The van der Waals surface area contributed by atoms with Gasteiger partial charge in [-0.3, -0.25) is 9.52 Å². The molecule has 2 aromatic carbocycles. The number of nitrogens with one attached hydrogen (secondary N) is 1. The predicted octanol–water partition coefficient (Wildman–Crippen LogP) is 5.28. The van der Waals surface area contributed by atoms with Crippen LogP contribution >= 0.6 is 11.6 Å². The molecule has 4 atom stereocenters. The molecule has 1 aliphatic heterocycles. The number of benzene rings is 2. The van der Waals surface area contributed by atoms with Gasteiger partial charge in [-0.15, -0.1) is 0 Å². The van der Waals surface area contributed by atoms with E-state index in [1.807, 2.05) is 6.92 Å². The van der Waals surface area contributed by atoms with Crippen LogP contribution in [-0.2, 0) is 14.8 Å². The number of nitrogens with zero attached hydrogens (tertiary/aromatic N) is 2. The summed E-state index contributed by atoms with van der Waals surface area (Å²) in [6.07, 6.45) is 3.32. The first-order valence-corrected chi connectivity index (χ1v) is 16.6. The lowest BCUT2D eigenvalue weighted by atomic mass is 10.0. The zero-order chi connectivity index (χ0) is 30.9. The summed E-state index contributed by atoms with van der Waals surface area (Å²) in [5.41, 5.74) is 0.449. The molecule has 0 saturated carbocycles. The lowest BCUT2D eigenvalue weighted by Gasteiger charge is -2.35. The first kappa shape index (κ1) is 34.1. The van der Waals surface area contributed by atoms with Gasteiger partial charge in [0.05, 0.1) is 35.3 Å². The fourth-order valence-electron chi connectivity index (χ4n) is 5.06. The third-order valence-electron chi connectivity index (χ3n) is 7.52. The Morgan fingerprint density at radius 2 is 1.88 bits per heavy atom. The molecule has 9 nitrogen and oxygen atoms in total. The maximum Gasteiger partial charge on any atom is 0.261 e. The van der Waals surface area contributed by atoms with E-state index in [1.54, 1.807) is 24.0 Å². The minimum absolute atomic E-state index is 0.0277. The molecule has 2 aromatic rings. The second-order valence-corrected chi connectivity index (χ2v) is 13.5. The molecule has 2 N–H and O–H groups in total. The zero-order valence-electron chi connectivity index (χ0n) is 25.4. The van der Waals surface area contributed by atoms with Gasteiger partial charge in [0.1, 0.15) is 5.75 Å². The van der Waals surface area contributed by atoms with Crippen molar-refractivity contribution in [3.05, 3.63) is 53.1 Å². The van der Waals surface area contributed by atoms with Crippen molar-refractivity contribution in [1.29, 1.82) is 0 Å². The molecule has 1 heterocycles. The third kappa shape index (κ3) is 9.57. The van der Waals surface area contributed by atoms with Crippen LogP contribution in [0.5, 0.6) is 5.75 Å². The summed E-state index contributed by atoms with van der Waals surface area (Å²) in [7, 11) is -1.86. The molecule has 1 amide bonds. The number of aliphatic hydroxyl groups excluding tert-OH is 1. The van der Waals surface area contributed by atoms with Gasteiger partial charge in [0, 0.05) is 36.3 Å². The van der Waals surface area contributed by atoms with E-state index in [1.165, 1.54) is 30.3 Å². The number of anilines is 1. The number of ether oxygens (including phenoxy) is 2.